The van der Waals surface area contributed by atoms with E-state index in [1.165, 1.54) is 11.8 Å². The summed E-state index contributed by atoms with van der Waals surface area (Å²) >= 11 is 0. The summed E-state index contributed by atoms with van der Waals surface area (Å²) in [5.41, 5.74) is 0.831. The van der Waals surface area contributed by atoms with Gasteiger partial charge in [-0.15, -0.1) is 0 Å². The van der Waals surface area contributed by atoms with Crippen LogP contribution in [0.15, 0.2) is 18.2 Å². The molecule has 5 heteroatoms. The number of anilines is 1. The Balaban J connectivity index is 2.55. The molecule has 1 rings (SSSR count). The van der Waals surface area contributed by atoms with Crippen LogP contribution >= 0.6 is 0 Å². The Hall–Kier alpha value is -1.91. The highest BCUT2D eigenvalue weighted by Crippen LogP contribution is 2.03. The van der Waals surface area contributed by atoms with Crippen molar-refractivity contribution in [3.05, 3.63) is 23.9 Å². The molecule has 0 fully saturated rings. The van der Waals surface area contributed by atoms with Crippen LogP contribution in [0.5, 0.6) is 0 Å². The van der Waals surface area contributed by atoms with Gasteiger partial charge in [0.1, 0.15) is 5.82 Å². The maximum absolute atomic E-state index is 11.5. The summed E-state index contributed by atoms with van der Waals surface area (Å²) in [6.45, 7) is 3.29. The van der Waals surface area contributed by atoms with Crippen LogP contribution in [-0.2, 0) is 9.59 Å². The highest BCUT2D eigenvalue weighted by Gasteiger charge is 2.09. The van der Waals surface area contributed by atoms with Gasteiger partial charge in [-0.25, -0.2) is 4.98 Å². The lowest BCUT2D eigenvalue weighted by atomic mass is 10.3. The summed E-state index contributed by atoms with van der Waals surface area (Å²) in [7, 11) is 1.57. The van der Waals surface area contributed by atoms with E-state index in [1.807, 2.05) is 19.1 Å². The van der Waals surface area contributed by atoms with Crippen LogP contribution in [0.25, 0.3) is 0 Å². The van der Waals surface area contributed by atoms with E-state index in [9.17, 15) is 9.59 Å². The van der Waals surface area contributed by atoms with Gasteiger partial charge in [-0.05, 0) is 19.1 Å². The van der Waals surface area contributed by atoms with Crippen molar-refractivity contribution in [1.82, 2.24) is 9.88 Å². The minimum Gasteiger partial charge on any atom is -0.337 e. The number of aromatic nitrogens is 1. The van der Waals surface area contributed by atoms with Gasteiger partial charge in [-0.1, -0.05) is 6.07 Å². The van der Waals surface area contributed by atoms with Gasteiger partial charge in [0, 0.05) is 19.7 Å². The van der Waals surface area contributed by atoms with Crippen LogP contribution in [0.3, 0.4) is 0 Å². The number of rotatable bonds is 3. The first-order valence-corrected chi connectivity index (χ1v) is 4.94. The fraction of sp³-hybridized carbons (Fsp3) is 0.364. The summed E-state index contributed by atoms with van der Waals surface area (Å²) in [5, 5.41) is 2.62. The zero-order valence-corrected chi connectivity index (χ0v) is 9.65. The molecule has 86 valence electrons. The van der Waals surface area contributed by atoms with Gasteiger partial charge >= 0.3 is 0 Å². The van der Waals surface area contributed by atoms with Gasteiger partial charge in [0.05, 0.1) is 6.54 Å². The Kier molecular flexibility index (Phi) is 3.99. The SMILES string of the molecule is CC(=O)N(C)CC(=O)Nc1cccc(C)n1. The predicted octanol–water partition coefficient (Wildman–Crippen LogP) is 0.807. The summed E-state index contributed by atoms with van der Waals surface area (Å²) in [6, 6.07) is 5.36. The maximum Gasteiger partial charge on any atom is 0.245 e. The number of carbonyl (C=O) groups is 2. The molecule has 0 aliphatic heterocycles. The Morgan fingerprint density at radius 2 is 2.12 bits per heavy atom. The van der Waals surface area contributed by atoms with Crippen molar-refractivity contribution in [3.63, 3.8) is 0 Å². The monoisotopic (exact) mass is 221 g/mol. The molecule has 0 atom stereocenters. The molecule has 0 aromatic carbocycles. The molecular weight excluding hydrogens is 206 g/mol. The predicted molar refractivity (Wildman–Crippen MR) is 60.9 cm³/mol. The molecule has 0 spiro atoms. The molecule has 0 radical (unpaired) electrons. The minimum atomic E-state index is -0.254. The number of hydrogen-bond donors (Lipinski definition) is 1. The molecule has 5 nitrogen and oxygen atoms in total. The van der Waals surface area contributed by atoms with E-state index in [0.29, 0.717) is 5.82 Å². The van der Waals surface area contributed by atoms with Crippen molar-refractivity contribution < 1.29 is 9.59 Å². The van der Waals surface area contributed by atoms with Crippen LogP contribution in [0.1, 0.15) is 12.6 Å². The molecule has 0 saturated heterocycles. The van der Waals surface area contributed by atoms with E-state index in [-0.39, 0.29) is 18.4 Å². The third-order valence-corrected chi connectivity index (χ3v) is 2.07. The second kappa shape index (κ2) is 5.25. The fourth-order valence-electron chi connectivity index (χ4n) is 1.12. The van der Waals surface area contributed by atoms with Gasteiger partial charge in [-0.2, -0.15) is 0 Å². The van der Waals surface area contributed by atoms with Crippen LogP contribution in [-0.4, -0.2) is 35.3 Å². The molecule has 0 aliphatic rings. The summed E-state index contributed by atoms with van der Waals surface area (Å²) in [6.07, 6.45) is 0. The lowest BCUT2D eigenvalue weighted by Gasteiger charge is -2.13. The number of pyridine rings is 1. The average Bonchev–Trinajstić information content (AvgIpc) is 2.16. The maximum atomic E-state index is 11.5. The highest BCUT2D eigenvalue weighted by atomic mass is 16.2. The summed E-state index contributed by atoms with van der Waals surface area (Å²) in [5.74, 6) is 0.102. The number of amides is 2. The third-order valence-electron chi connectivity index (χ3n) is 2.07. The molecule has 0 saturated carbocycles. The van der Waals surface area contributed by atoms with Gasteiger partial charge in [0.15, 0.2) is 0 Å². The zero-order chi connectivity index (χ0) is 12.1. The second-order valence-electron chi connectivity index (χ2n) is 3.59. The van der Waals surface area contributed by atoms with Crippen molar-refractivity contribution in [2.75, 3.05) is 18.9 Å². The van der Waals surface area contributed by atoms with E-state index in [4.69, 9.17) is 0 Å². The smallest absolute Gasteiger partial charge is 0.245 e. The number of likely N-dealkylation sites (N-methyl/N-ethyl adjacent to an activating group) is 1. The molecule has 1 N–H and O–H groups in total. The number of aryl methyl sites for hydroxylation is 1. The van der Waals surface area contributed by atoms with Crippen molar-refractivity contribution in [2.45, 2.75) is 13.8 Å². The normalized spacial score (nSPS) is 9.69. The lowest BCUT2D eigenvalue weighted by Crippen LogP contribution is -2.33. The van der Waals surface area contributed by atoms with Gasteiger partial charge in [0.25, 0.3) is 0 Å². The number of hydrogen-bond acceptors (Lipinski definition) is 3. The van der Waals surface area contributed by atoms with Gasteiger partial charge in [0.2, 0.25) is 11.8 Å². The Labute approximate surface area is 94.5 Å². The first-order chi connectivity index (χ1) is 7.49. The van der Waals surface area contributed by atoms with Crippen LogP contribution in [0.4, 0.5) is 5.82 Å². The minimum absolute atomic E-state index is 0.0327. The van der Waals surface area contributed by atoms with Crippen molar-refractivity contribution >= 4 is 17.6 Å². The fourth-order valence-corrected chi connectivity index (χ4v) is 1.12. The van der Waals surface area contributed by atoms with E-state index in [2.05, 4.69) is 10.3 Å². The van der Waals surface area contributed by atoms with E-state index in [0.717, 1.165) is 5.69 Å². The highest BCUT2D eigenvalue weighted by molar-refractivity contribution is 5.93. The zero-order valence-electron chi connectivity index (χ0n) is 9.65. The van der Waals surface area contributed by atoms with Crippen molar-refractivity contribution in [3.8, 4) is 0 Å². The lowest BCUT2D eigenvalue weighted by molar-refractivity contribution is -0.131. The van der Waals surface area contributed by atoms with Crippen LogP contribution in [0.2, 0.25) is 0 Å². The Morgan fingerprint density at radius 1 is 1.44 bits per heavy atom. The second-order valence-corrected chi connectivity index (χ2v) is 3.59. The molecule has 0 bridgehead atoms. The standard InChI is InChI=1S/C11H15N3O2/c1-8-5-4-6-10(12-8)13-11(16)7-14(3)9(2)15/h4-6H,7H2,1-3H3,(H,12,13,16). The Bertz CT molecular complexity index is 404. The van der Waals surface area contributed by atoms with E-state index < -0.39 is 0 Å². The van der Waals surface area contributed by atoms with Crippen LogP contribution < -0.4 is 5.32 Å². The molecule has 0 aliphatic carbocycles. The Morgan fingerprint density at radius 3 is 2.69 bits per heavy atom. The van der Waals surface area contributed by atoms with E-state index >= 15 is 0 Å². The topological polar surface area (TPSA) is 62.3 Å². The first-order valence-electron chi connectivity index (χ1n) is 4.94. The molecule has 1 aromatic rings. The number of carbonyl (C=O) groups excluding carboxylic acids is 2. The molecule has 1 heterocycles. The molecule has 16 heavy (non-hydrogen) atoms. The largest absolute Gasteiger partial charge is 0.337 e. The molecule has 2 amide bonds. The van der Waals surface area contributed by atoms with Gasteiger partial charge < -0.3 is 10.2 Å². The average molecular weight is 221 g/mol. The van der Waals surface area contributed by atoms with Crippen molar-refractivity contribution in [2.24, 2.45) is 0 Å². The van der Waals surface area contributed by atoms with E-state index in [1.54, 1.807) is 13.1 Å². The first kappa shape index (κ1) is 12.2. The third kappa shape index (κ3) is 3.68. The molecule has 1 aromatic heterocycles. The van der Waals surface area contributed by atoms with Crippen molar-refractivity contribution in [1.29, 1.82) is 0 Å². The summed E-state index contributed by atoms with van der Waals surface area (Å²) < 4.78 is 0. The number of nitrogens with one attached hydrogen (secondary N) is 1. The summed E-state index contributed by atoms with van der Waals surface area (Å²) in [4.78, 5) is 27.9. The number of nitrogens with zero attached hydrogens (tertiary/aromatic N) is 2. The molecular formula is C11H15N3O2. The van der Waals surface area contributed by atoms with Gasteiger partial charge in [-0.3, -0.25) is 9.59 Å². The van der Waals surface area contributed by atoms with Crippen LogP contribution in [0, 0.1) is 6.92 Å². The quantitative estimate of drug-likeness (QED) is 0.821. The molecule has 0 unspecified atom stereocenters.